The van der Waals surface area contributed by atoms with Crippen molar-refractivity contribution in [3.63, 3.8) is 0 Å². The van der Waals surface area contributed by atoms with Crippen molar-refractivity contribution in [2.75, 3.05) is 52.8 Å². The van der Waals surface area contributed by atoms with E-state index in [4.69, 9.17) is 28.4 Å². The second-order valence-corrected chi connectivity index (χ2v) is 8.96. The molecule has 0 aliphatic heterocycles. The highest BCUT2D eigenvalue weighted by Gasteiger charge is 2.23. The molecule has 1 aliphatic carbocycles. The largest absolute Gasteiger partial charge is 0.490 e. The van der Waals surface area contributed by atoms with Crippen molar-refractivity contribution >= 4 is 22.8 Å². The first-order valence-corrected chi connectivity index (χ1v) is 13.6. The summed E-state index contributed by atoms with van der Waals surface area (Å²) < 4.78 is 33.6. The van der Waals surface area contributed by atoms with E-state index in [0.29, 0.717) is 51.6 Å². The minimum absolute atomic E-state index is 0.155. The summed E-state index contributed by atoms with van der Waals surface area (Å²) in [6.45, 7) is 5.79. The monoisotopic (exact) mass is 561 g/mol. The van der Waals surface area contributed by atoms with Gasteiger partial charge in [0.1, 0.15) is 37.1 Å². The third kappa shape index (κ3) is 8.83. The van der Waals surface area contributed by atoms with Crippen LogP contribution in [0.25, 0.3) is 10.8 Å². The maximum atomic E-state index is 12.7. The lowest BCUT2D eigenvalue weighted by atomic mass is 9.90. The number of benzene rings is 3. The van der Waals surface area contributed by atoms with E-state index in [9.17, 15) is 9.59 Å². The molecule has 0 saturated carbocycles. The lowest BCUT2D eigenvalue weighted by Crippen LogP contribution is -2.31. The molecule has 1 N–H and O–H groups in total. The van der Waals surface area contributed by atoms with Gasteiger partial charge in [0.2, 0.25) is 0 Å². The predicted molar refractivity (Wildman–Crippen MR) is 155 cm³/mol. The summed E-state index contributed by atoms with van der Waals surface area (Å²) in [7, 11) is 0. The molecule has 0 fully saturated rings. The van der Waals surface area contributed by atoms with Crippen LogP contribution < -0.4 is 19.5 Å². The molecular weight excluding hydrogens is 526 g/mol. The Morgan fingerprint density at radius 2 is 1.34 bits per heavy atom. The summed E-state index contributed by atoms with van der Waals surface area (Å²) >= 11 is 0. The van der Waals surface area contributed by atoms with Gasteiger partial charge in [0.15, 0.2) is 0 Å². The van der Waals surface area contributed by atoms with Crippen molar-refractivity contribution in [1.82, 2.24) is 5.32 Å². The zero-order valence-electron chi connectivity index (χ0n) is 23.0. The van der Waals surface area contributed by atoms with Gasteiger partial charge in [-0.25, -0.2) is 9.59 Å². The van der Waals surface area contributed by atoms with Crippen LogP contribution >= 0.6 is 0 Å². The SMILES string of the molecule is C=CC(=O)OCCOCCOCCNC(=O)Oc1c2c(c(OCCOc3ccccc3)c3ccccc13)CC=CC2. The van der Waals surface area contributed by atoms with Crippen LogP contribution in [-0.2, 0) is 31.8 Å². The molecule has 41 heavy (non-hydrogen) atoms. The Balaban J connectivity index is 1.29. The molecule has 9 nitrogen and oxygen atoms in total. The number of esters is 1. The number of allylic oxidation sites excluding steroid dienone is 2. The van der Waals surface area contributed by atoms with Gasteiger partial charge < -0.3 is 33.7 Å². The van der Waals surface area contributed by atoms with Crippen molar-refractivity contribution in [3.8, 4) is 17.2 Å². The highest BCUT2D eigenvalue weighted by molar-refractivity contribution is 5.97. The first kappa shape index (κ1) is 29.6. The molecule has 0 atom stereocenters. The van der Waals surface area contributed by atoms with Gasteiger partial charge in [0, 0.05) is 34.5 Å². The molecule has 1 amide bonds. The third-order valence-electron chi connectivity index (χ3n) is 6.20. The Labute approximate surface area is 239 Å². The van der Waals surface area contributed by atoms with Crippen LogP contribution in [0.4, 0.5) is 4.79 Å². The lowest BCUT2D eigenvalue weighted by molar-refractivity contribution is -0.139. The Morgan fingerprint density at radius 1 is 0.732 bits per heavy atom. The molecular formula is C32H35NO8. The molecule has 0 heterocycles. The van der Waals surface area contributed by atoms with Gasteiger partial charge in [-0.1, -0.05) is 61.2 Å². The van der Waals surface area contributed by atoms with Gasteiger partial charge in [0.05, 0.1) is 26.4 Å². The quantitative estimate of drug-likeness (QED) is 0.115. The maximum absolute atomic E-state index is 12.7. The van der Waals surface area contributed by atoms with Crippen LogP contribution in [0.5, 0.6) is 17.2 Å². The van der Waals surface area contributed by atoms with Gasteiger partial charge >= 0.3 is 12.1 Å². The van der Waals surface area contributed by atoms with Crippen molar-refractivity contribution in [2.24, 2.45) is 0 Å². The Bertz CT molecular complexity index is 1340. The number of hydrogen-bond donors (Lipinski definition) is 1. The molecule has 0 bridgehead atoms. The standard InChI is InChI=1S/C32H35NO8/c1-2-29(34)39-21-20-37-19-18-36-17-16-33-32(35)41-31-27-14-8-6-12-25(27)30(26-13-7-9-15-28(26)31)40-23-22-38-24-10-4-3-5-11-24/h2-12,14H,1,13,15-23H2,(H,33,35). The molecule has 3 aromatic carbocycles. The summed E-state index contributed by atoms with van der Waals surface area (Å²) in [6.07, 6.45) is 6.03. The molecule has 216 valence electrons. The van der Waals surface area contributed by atoms with Gasteiger partial charge in [-0.3, -0.25) is 0 Å². The number of amides is 1. The summed E-state index contributed by atoms with van der Waals surface area (Å²) in [5.74, 6) is 1.64. The van der Waals surface area contributed by atoms with Gasteiger partial charge in [-0.05, 0) is 25.0 Å². The van der Waals surface area contributed by atoms with E-state index in [1.807, 2.05) is 54.6 Å². The Hall–Kier alpha value is -4.34. The highest BCUT2D eigenvalue weighted by Crippen LogP contribution is 2.43. The summed E-state index contributed by atoms with van der Waals surface area (Å²) in [4.78, 5) is 23.7. The Kier molecular flexibility index (Phi) is 11.6. The number of nitrogens with one attached hydrogen (secondary N) is 1. The van der Waals surface area contributed by atoms with E-state index in [1.165, 1.54) is 0 Å². The second-order valence-electron chi connectivity index (χ2n) is 8.96. The van der Waals surface area contributed by atoms with E-state index in [0.717, 1.165) is 39.5 Å². The lowest BCUT2D eigenvalue weighted by Gasteiger charge is -2.23. The first-order chi connectivity index (χ1) is 20.2. The number of para-hydroxylation sites is 1. The van der Waals surface area contributed by atoms with E-state index in [2.05, 4.69) is 24.0 Å². The topological polar surface area (TPSA) is 102 Å². The van der Waals surface area contributed by atoms with Gasteiger partial charge in [0.25, 0.3) is 0 Å². The van der Waals surface area contributed by atoms with E-state index < -0.39 is 12.1 Å². The summed E-state index contributed by atoms with van der Waals surface area (Å²) in [6, 6.07) is 17.4. The summed E-state index contributed by atoms with van der Waals surface area (Å²) in [5, 5.41) is 4.43. The number of carbonyl (C=O) groups is 2. The van der Waals surface area contributed by atoms with E-state index in [-0.39, 0.29) is 19.8 Å². The maximum Gasteiger partial charge on any atom is 0.412 e. The van der Waals surface area contributed by atoms with Crippen molar-refractivity contribution < 1.29 is 38.0 Å². The average molecular weight is 562 g/mol. The molecule has 4 rings (SSSR count). The Morgan fingerprint density at radius 3 is 2.07 bits per heavy atom. The zero-order valence-corrected chi connectivity index (χ0v) is 23.0. The van der Waals surface area contributed by atoms with E-state index >= 15 is 0 Å². The summed E-state index contributed by atoms with van der Waals surface area (Å²) in [5.41, 5.74) is 1.95. The highest BCUT2D eigenvalue weighted by atomic mass is 16.6. The number of carbonyl (C=O) groups excluding carboxylic acids is 2. The van der Waals surface area contributed by atoms with Crippen molar-refractivity contribution in [1.29, 1.82) is 0 Å². The fourth-order valence-electron chi connectivity index (χ4n) is 4.35. The number of rotatable bonds is 16. The van der Waals surface area contributed by atoms with Crippen LogP contribution in [-0.4, -0.2) is 64.9 Å². The smallest absolute Gasteiger partial charge is 0.412 e. The predicted octanol–water partition coefficient (Wildman–Crippen LogP) is 4.80. The average Bonchev–Trinajstić information content (AvgIpc) is 3.01. The molecule has 9 heteroatoms. The molecule has 0 radical (unpaired) electrons. The second kappa shape index (κ2) is 16.1. The number of ether oxygens (including phenoxy) is 6. The molecule has 0 spiro atoms. The van der Waals surface area contributed by atoms with Crippen LogP contribution in [0.2, 0.25) is 0 Å². The van der Waals surface area contributed by atoms with Crippen LogP contribution in [0.3, 0.4) is 0 Å². The van der Waals surface area contributed by atoms with Gasteiger partial charge in [-0.2, -0.15) is 0 Å². The number of hydrogen-bond acceptors (Lipinski definition) is 8. The van der Waals surface area contributed by atoms with Crippen molar-refractivity contribution in [3.05, 3.63) is 90.5 Å². The minimum atomic E-state index is -0.555. The van der Waals surface area contributed by atoms with Crippen LogP contribution in [0.1, 0.15) is 11.1 Å². The van der Waals surface area contributed by atoms with Crippen LogP contribution in [0, 0.1) is 0 Å². The fourth-order valence-corrected chi connectivity index (χ4v) is 4.35. The molecule has 1 aliphatic rings. The molecule has 0 unspecified atom stereocenters. The fraction of sp³-hybridized carbons (Fsp3) is 0.312. The van der Waals surface area contributed by atoms with Crippen molar-refractivity contribution in [2.45, 2.75) is 12.8 Å². The first-order valence-electron chi connectivity index (χ1n) is 13.6. The molecule has 0 saturated heterocycles. The molecule has 0 aromatic heterocycles. The third-order valence-corrected chi connectivity index (χ3v) is 6.20. The van der Waals surface area contributed by atoms with Gasteiger partial charge in [-0.15, -0.1) is 0 Å². The molecule has 3 aromatic rings. The van der Waals surface area contributed by atoms with E-state index in [1.54, 1.807) is 0 Å². The number of fused-ring (bicyclic) bond motifs is 2. The normalized spacial score (nSPS) is 11.9. The minimum Gasteiger partial charge on any atom is -0.490 e. The van der Waals surface area contributed by atoms with Crippen LogP contribution in [0.15, 0.2) is 79.4 Å². The zero-order chi connectivity index (χ0) is 28.7.